The Bertz CT molecular complexity index is 859. The normalized spacial score (nSPS) is 10.2. The number of nitro benzene ring substituents is 1. The summed E-state index contributed by atoms with van der Waals surface area (Å²) in [5, 5.41) is 23.3. The Hall–Kier alpha value is -3.47. The van der Waals surface area contributed by atoms with Gasteiger partial charge in [0, 0.05) is 23.9 Å². The van der Waals surface area contributed by atoms with Crippen molar-refractivity contribution < 1.29 is 9.45 Å². The van der Waals surface area contributed by atoms with Gasteiger partial charge in [-0.3, -0.25) is 10.1 Å². The maximum Gasteiger partial charge on any atom is 0.270 e. The highest BCUT2D eigenvalue weighted by molar-refractivity contribution is 5.62. The van der Waals surface area contributed by atoms with E-state index in [0.29, 0.717) is 16.8 Å². The van der Waals surface area contributed by atoms with Gasteiger partial charge in [-0.25, -0.2) is 0 Å². The van der Waals surface area contributed by atoms with Crippen molar-refractivity contribution in [2.75, 3.05) is 0 Å². The number of H-pyrrole nitrogens is 1. The van der Waals surface area contributed by atoms with E-state index in [1.54, 1.807) is 24.4 Å². The highest BCUT2D eigenvalue weighted by Gasteiger charge is 2.14. The lowest BCUT2D eigenvalue weighted by Gasteiger charge is -1.94. The van der Waals surface area contributed by atoms with Crippen LogP contribution in [0.4, 0.5) is 5.69 Å². The van der Waals surface area contributed by atoms with E-state index in [9.17, 15) is 10.1 Å². The van der Waals surface area contributed by atoms with Gasteiger partial charge in [-0.15, -0.1) is 0 Å². The molecular formula is C13H7N5O3. The SMILES string of the molecule is N#Cc1cc(-c2nc(-c3cccc([N+](=O)[O-])c3)no2)c[nH]1. The number of nitro groups is 1. The minimum Gasteiger partial charge on any atom is -0.352 e. The van der Waals surface area contributed by atoms with E-state index in [0.717, 1.165) is 0 Å². The third-order valence-electron chi connectivity index (χ3n) is 2.79. The summed E-state index contributed by atoms with van der Waals surface area (Å²) in [5.74, 6) is 0.475. The molecule has 8 nitrogen and oxygen atoms in total. The van der Waals surface area contributed by atoms with Gasteiger partial charge in [-0.05, 0) is 6.07 Å². The highest BCUT2D eigenvalue weighted by Crippen LogP contribution is 2.25. The van der Waals surface area contributed by atoms with Crippen molar-refractivity contribution in [1.29, 1.82) is 5.26 Å². The lowest BCUT2D eigenvalue weighted by atomic mass is 10.2. The first-order valence-corrected chi connectivity index (χ1v) is 5.85. The molecule has 0 saturated heterocycles. The molecule has 0 aliphatic heterocycles. The molecule has 0 radical (unpaired) electrons. The van der Waals surface area contributed by atoms with Crippen molar-refractivity contribution in [2.24, 2.45) is 0 Å². The Morgan fingerprint density at radius 3 is 2.90 bits per heavy atom. The molecule has 102 valence electrons. The quantitative estimate of drug-likeness (QED) is 0.581. The van der Waals surface area contributed by atoms with Crippen LogP contribution in [0.3, 0.4) is 0 Å². The Labute approximate surface area is 117 Å². The Morgan fingerprint density at radius 1 is 1.33 bits per heavy atom. The summed E-state index contributed by atoms with van der Waals surface area (Å²) >= 11 is 0. The maximum absolute atomic E-state index is 10.8. The summed E-state index contributed by atoms with van der Waals surface area (Å²) in [7, 11) is 0. The van der Waals surface area contributed by atoms with E-state index in [4.69, 9.17) is 9.78 Å². The van der Waals surface area contributed by atoms with Gasteiger partial charge in [0.1, 0.15) is 11.8 Å². The zero-order valence-corrected chi connectivity index (χ0v) is 10.5. The minimum absolute atomic E-state index is 0.0488. The van der Waals surface area contributed by atoms with E-state index < -0.39 is 4.92 Å². The summed E-state index contributed by atoms with van der Waals surface area (Å²) in [6.45, 7) is 0. The third kappa shape index (κ3) is 2.35. The van der Waals surface area contributed by atoms with Crippen LogP contribution in [0.15, 0.2) is 41.1 Å². The lowest BCUT2D eigenvalue weighted by molar-refractivity contribution is -0.384. The van der Waals surface area contributed by atoms with Crippen LogP contribution in [0, 0.1) is 21.4 Å². The Balaban J connectivity index is 1.96. The van der Waals surface area contributed by atoms with Crippen LogP contribution in [-0.2, 0) is 0 Å². The molecule has 1 aromatic carbocycles. The van der Waals surface area contributed by atoms with Gasteiger partial charge in [-0.2, -0.15) is 10.2 Å². The molecule has 0 amide bonds. The number of non-ortho nitro benzene ring substituents is 1. The second-order valence-corrected chi connectivity index (χ2v) is 4.14. The molecule has 0 spiro atoms. The van der Waals surface area contributed by atoms with Gasteiger partial charge >= 0.3 is 0 Å². The number of hydrogen-bond donors (Lipinski definition) is 1. The molecule has 0 unspecified atom stereocenters. The van der Waals surface area contributed by atoms with Crippen molar-refractivity contribution in [1.82, 2.24) is 15.1 Å². The highest BCUT2D eigenvalue weighted by atomic mass is 16.6. The number of rotatable bonds is 3. The number of nitrogens with one attached hydrogen (secondary N) is 1. The lowest BCUT2D eigenvalue weighted by Crippen LogP contribution is -1.88. The van der Waals surface area contributed by atoms with Crippen LogP contribution in [0.1, 0.15) is 5.69 Å². The van der Waals surface area contributed by atoms with Gasteiger partial charge in [-0.1, -0.05) is 17.3 Å². The monoisotopic (exact) mass is 281 g/mol. The molecule has 21 heavy (non-hydrogen) atoms. The maximum atomic E-state index is 10.8. The van der Waals surface area contributed by atoms with Gasteiger partial charge in [0.15, 0.2) is 0 Å². The zero-order chi connectivity index (χ0) is 14.8. The van der Waals surface area contributed by atoms with Crippen LogP contribution in [0.25, 0.3) is 22.8 Å². The van der Waals surface area contributed by atoms with Crippen molar-refractivity contribution in [3.63, 3.8) is 0 Å². The van der Waals surface area contributed by atoms with E-state index in [1.807, 2.05) is 6.07 Å². The van der Waals surface area contributed by atoms with E-state index in [-0.39, 0.29) is 17.4 Å². The summed E-state index contributed by atoms with van der Waals surface area (Å²) in [4.78, 5) is 17.2. The summed E-state index contributed by atoms with van der Waals surface area (Å²) in [6, 6.07) is 9.48. The Kier molecular flexibility index (Phi) is 2.93. The predicted molar refractivity (Wildman–Crippen MR) is 70.9 cm³/mol. The van der Waals surface area contributed by atoms with Crippen molar-refractivity contribution in [3.05, 3.63) is 52.3 Å². The first-order chi connectivity index (χ1) is 10.2. The van der Waals surface area contributed by atoms with E-state index in [2.05, 4.69) is 15.1 Å². The van der Waals surface area contributed by atoms with Crippen LogP contribution in [-0.4, -0.2) is 20.0 Å². The number of benzene rings is 1. The van der Waals surface area contributed by atoms with Crippen molar-refractivity contribution in [2.45, 2.75) is 0 Å². The van der Waals surface area contributed by atoms with E-state index >= 15 is 0 Å². The van der Waals surface area contributed by atoms with Gasteiger partial charge in [0.25, 0.3) is 11.6 Å². The fourth-order valence-electron chi connectivity index (χ4n) is 1.80. The van der Waals surface area contributed by atoms with Crippen LogP contribution in [0.5, 0.6) is 0 Å². The largest absolute Gasteiger partial charge is 0.352 e. The predicted octanol–water partition coefficient (Wildman–Crippen LogP) is 2.51. The van der Waals surface area contributed by atoms with Crippen LogP contribution >= 0.6 is 0 Å². The standard InChI is InChI=1S/C13H7N5O3/c14-6-10-4-9(7-15-10)13-16-12(17-21-13)8-2-1-3-11(5-8)18(19)20/h1-5,7,15H. The second kappa shape index (κ2) is 4.90. The second-order valence-electron chi connectivity index (χ2n) is 4.14. The molecule has 3 aromatic rings. The topological polar surface area (TPSA) is 122 Å². The first-order valence-electron chi connectivity index (χ1n) is 5.85. The number of hydrogen-bond acceptors (Lipinski definition) is 6. The molecular weight excluding hydrogens is 274 g/mol. The molecule has 0 aliphatic rings. The molecule has 2 heterocycles. The summed E-state index contributed by atoms with van der Waals surface area (Å²) < 4.78 is 5.10. The summed E-state index contributed by atoms with van der Waals surface area (Å²) in [5.41, 5.74) is 1.39. The molecule has 0 fully saturated rings. The van der Waals surface area contributed by atoms with Crippen LogP contribution < -0.4 is 0 Å². The molecule has 0 saturated carbocycles. The molecule has 2 aromatic heterocycles. The molecule has 1 N–H and O–H groups in total. The zero-order valence-electron chi connectivity index (χ0n) is 10.5. The van der Waals surface area contributed by atoms with E-state index in [1.165, 1.54) is 12.1 Å². The number of aromatic nitrogens is 3. The van der Waals surface area contributed by atoms with Gasteiger partial charge < -0.3 is 9.51 Å². The smallest absolute Gasteiger partial charge is 0.270 e. The fraction of sp³-hybridized carbons (Fsp3) is 0. The van der Waals surface area contributed by atoms with Crippen molar-refractivity contribution in [3.8, 4) is 28.9 Å². The Morgan fingerprint density at radius 2 is 2.19 bits per heavy atom. The number of aromatic amines is 1. The third-order valence-corrected chi connectivity index (χ3v) is 2.79. The van der Waals surface area contributed by atoms with Gasteiger partial charge in [0.05, 0.1) is 10.5 Å². The number of nitrogens with zero attached hydrogens (tertiary/aromatic N) is 4. The molecule has 0 aliphatic carbocycles. The average molecular weight is 281 g/mol. The number of nitriles is 1. The summed E-state index contributed by atoms with van der Waals surface area (Å²) in [6.07, 6.45) is 1.57. The molecule has 8 heteroatoms. The molecule has 0 atom stereocenters. The van der Waals surface area contributed by atoms with Crippen LogP contribution in [0.2, 0.25) is 0 Å². The first kappa shape index (κ1) is 12.6. The molecule has 3 rings (SSSR count). The minimum atomic E-state index is -0.490. The van der Waals surface area contributed by atoms with Gasteiger partial charge in [0.2, 0.25) is 5.82 Å². The fourth-order valence-corrected chi connectivity index (χ4v) is 1.80. The average Bonchev–Trinajstić information content (AvgIpc) is 3.16. The van der Waals surface area contributed by atoms with Crippen molar-refractivity contribution >= 4 is 5.69 Å². The molecule has 0 bridgehead atoms.